The van der Waals surface area contributed by atoms with Gasteiger partial charge in [-0.3, -0.25) is 4.79 Å². The number of anilines is 1. The molecule has 1 aromatic heterocycles. The Morgan fingerprint density at radius 1 is 1.25 bits per heavy atom. The van der Waals surface area contributed by atoms with Crippen LogP contribution in [0.25, 0.3) is 10.9 Å². The molecule has 28 heavy (non-hydrogen) atoms. The monoisotopic (exact) mass is 384 g/mol. The first kappa shape index (κ1) is 21.6. The van der Waals surface area contributed by atoms with Gasteiger partial charge in [0.05, 0.1) is 12.1 Å². The molecule has 0 atom stereocenters. The van der Waals surface area contributed by atoms with Crippen molar-refractivity contribution in [1.29, 1.82) is 0 Å². The molecule has 152 valence electrons. The lowest BCUT2D eigenvalue weighted by Gasteiger charge is -2.14. The Hall–Kier alpha value is -2.69. The van der Waals surface area contributed by atoms with Gasteiger partial charge in [0.1, 0.15) is 0 Å². The summed E-state index contributed by atoms with van der Waals surface area (Å²) in [5, 5.41) is 14.4. The lowest BCUT2D eigenvalue weighted by Crippen LogP contribution is -2.20. The first-order chi connectivity index (χ1) is 13.5. The maximum Gasteiger partial charge on any atom is 0.297 e. The molecule has 0 amide bonds. The van der Waals surface area contributed by atoms with Gasteiger partial charge in [-0.1, -0.05) is 51.7 Å². The Kier molecular flexibility index (Phi) is 8.18. The predicted molar refractivity (Wildman–Crippen MR) is 117 cm³/mol. The van der Waals surface area contributed by atoms with Crippen LogP contribution in [0.15, 0.2) is 47.4 Å². The molecule has 2 rings (SSSR count). The van der Waals surface area contributed by atoms with Crippen LogP contribution in [0.4, 0.5) is 5.69 Å². The van der Waals surface area contributed by atoms with E-state index in [-0.39, 0.29) is 17.1 Å². The largest absolute Gasteiger partial charge is 0.504 e. The summed E-state index contributed by atoms with van der Waals surface area (Å²) in [6.45, 7) is 8.29. The van der Waals surface area contributed by atoms with Gasteiger partial charge in [0.2, 0.25) is 5.75 Å². The smallest absolute Gasteiger partial charge is 0.297 e. The van der Waals surface area contributed by atoms with Crippen LogP contribution < -0.4 is 15.6 Å². The van der Waals surface area contributed by atoms with Crippen molar-refractivity contribution in [2.45, 2.75) is 52.4 Å². The van der Waals surface area contributed by atoms with Crippen LogP contribution in [0.3, 0.4) is 0 Å². The molecule has 0 aliphatic carbocycles. The topological polar surface area (TPSA) is 63.5 Å². The zero-order chi connectivity index (χ0) is 20.5. The van der Waals surface area contributed by atoms with Gasteiger partial charge in [-0.25, -0.2) is 0 Å². The first-order valence-corrected chi connectivity index (χ1v) is 10.0. The highest BCUT2D eigenvalue weighted by molar-refractivity contribution is 5.90. The molecular weight excluding hydrogens is 352 g/mol. The lowest BCUT2D eigenvalue weighted by atomic mass is 10.1. The molecule has 5 heteroatoms. The third kappa shape index (κ3) is 5.41. The fourth-order valence-electron chi connectivity index (χ4n) is 3.03. The highest BCUT2D eigenvalue weighted by atomic mass is 16.5. The maximum absolute atomic E-state index is 12.7. The van der Waals surface area contributed by atoms with Gasteiger partial charge >= 0.3 is 0 Å². The van der Waals surface area contributed by atoms with Gasteiger partial charge in [-0.15, -0.1) is 0 Å². The van der Waals surface area contributed by atoms with E-state index in [0.29, 0.717) is 17.5 Å². The SMILES string of the molecule is C=CC(C)=CNc1ccc2c(O)c(OCCCCCCCC)c(=O)n(C)c2c1. The summed E-state index contributed by atoms with van der Waals surface area (Å²) in [6.07, 6.45) is 10.4. The van der Waals surface area contributed by atoms with Gasteiger partial charge in [0.25, 0.3) is 5.56 Å². The third-order valence-corrected chi connectivity index (χ3v) is 4.86. The highest BCUT2D eigenvalue weighted by Gasteiger charge is 2.16. The fourth-order valence-corrected chi connectivity index (χ4v) is 3.03. The average molecular weight is 385 g/mol. The second-order valence-corrected chi connectivity index (χ2v) is 7.13. The number of aromatic nitrogens is 1. The fraction of sp³-hybridized carbons (Fsp3) is 0.435. The Balaban J connectivity index is 2.16. The molecule has 0 spiro atoms. The summed E-state index contributed by atoms with van der Waals surface area (Å²) in [5.41, 5.74) is 2.13. The standard InChI is InChI=1S/C23H32N2O3/c1-5-7-8-9-10-11-14-28-22-21(26)19-13-12-18(24-16-17(3)6-2)15-20(19)25(4)23(22)27/h6,12-13,15-16,24,26H,2,5,7-11,14H2,1,3-4H3. The van der Waals surface area contributed by atoms with E-state index in [1.165, 1.54) is 30.3 Å². The van der Waals surface area contributed by atoms with Crippen molar-refractivity contribution in [1.82, 2.24) is 4.57 Å². The van der Waals surface area contributed by atoms with E-state index in [2.05, 4.69) is 18.8 Å². The number of allylic oxidation sites excluding steroid dienone is 2. The van der Waals surface area contributed by atoms with Crippen LogP contribution in [0.5, 0.6) is 11.5 Å². The van der Waals surface area contributed by atoms with Crippen molar-refractivity contribution < 1.29 is 9.84 Å². The summed E-state index contributed by atoms with van der Waals surface area (Å²) in [4.78, 5) is 12.7. The maximum atomic E-state index is 12.7. The number of ether oxygens (including phenoxy) is 1. The lowest BCUT2D eigenvalue weighted by molar-refractivity contribution is 0.284. The van der Waals surface area contributed by atoms with Gasteiger partial charge < -0.3 is 19.7 Å². The molecule has 0 fully saturated rings. The van der Waals surface area contributed by atoms with E-state index >= 15 is 0 Å². The van der Waals surface area contributed by atoms with E-state index in [9.17, 15) is 9.90 Å². The molecule has 0 unspecified atom stereocenters. The Morgan fingerprint density at radius 2 is 1.96 bits per heavy atom. The van der Waals surface area contributed by atoms with E-state index < -0.39 is 0 Å². The predicted octanol–water partition coefficient (Wildman–Crippen LogP) is 5.49. The molecule has 1 heterocycles. The van der Waals surface area contributed by atoms with Gasteiger partial charge in [-0.2, -0.15) is 0 Å². The van der Waals surface area contributed by atoms with Gasteiger partial charge in [0.15, 0.2) is 5.75 Å². The third-order valence-electron chi connectivity index (χ3n) is 4.86. The number of fused-ring (bicyclic) bond motifs is 1. The minimum atomic E-state index is -0.328. The van der Waals surface area contributed by atoms with Crippen molar-refractivity contribution in [2.24, 2.45) is 7.05 Å². The van der Waals surface area contributed by atoms with Crippen molar-refractivity contribution >= 4 is 16.6 Å². The van der Waals surface area contributed by atoms with Crippen molar-refractivity contribution in [3.8, 4) is 11.5 Å². The Labute approximate surface area is 167 Å². The molecule has 0 saturated heterocycles. The van der Waals surface area contributed by atoms with Crippen LogP contribution in [-0.2, 0) is 7.05 Å². The Morgan fingerprint density at radius 3 is 2.68 bits per heavy atom. The summed E-state index contributed by atoms with van der Waals surface area (Å²) < 4.78 is 7.18. The minimum absolute atomic E-state index is 0.0339. The molecular formula is C23H32N2O3. The van der Waals surface area contributed by atoms with Crippen LogP contribution in [0.1, 0.15) is 52.4 Å². The molecule has 5 nitrogen and oxygen atoms in total. The van der Waals surface area contributed by atoms with Crippen molar-refractivity contribution in [2.75, 3.05) is 11.9 Å². The van der Waals surface area contributed by atoms with Crippen LogP contribution >= 0.6 is 0 Å². The second kappa shape index (κ2) is 10.6. The molecule has 2 aromatic rings. The van der Waals surface area contributed by atoms with Crippen molar-refractivity contribution in [3.63, 3.8) is 0 Å². The quantitative estimate of drug-likeness (QED) is 0.397. The molecule has 0 radical (unpaired) electrons. The van der Waals surface area contributed by atoms with Crippen LogP contribution in [0, 0.1) is 0 Å². The molecule has 0 saturated carbocycles. The summed E-state index contributed by atoms with van der Waals surface area (Å²) in [6, 6.07) is 5.48. The number of benzene rings is 1. The second-order valence-electron chi connectivity index (χ2n) is 7.13. The molecule has 1 aromatic carbocycles. The zero-order valence-electron chi connectivity index (χ0n) is 17.3. The van der Waals surface area contributed by atoms with Gasteiger partial charge in [-0.05, 0) is 37.1 Å². The summed E-state index contributed by atoms with van der Waals surface area (Å²) >= 11 is 0. The van der Waals surface area contributed by atoms with E-state index in [0.717, 1.165) is 24.1 Å². The van der Waals surface area contributed by atoms with E-state index in [1.807, 2.05) is 25.3 Å². The van der Waals surface area contributed by atoms with E-state index in [4.69, 9.17) is 4.74 Å². The van der Waals surface area contributed by atoms with E-state index in [1.54, 1.807) is 19.2 Å². The number of aryl methyl sites for hydroxylation is 1. The zero-order valence-corrected chi connectivity index (χ0v) is 17.3. The number of rotatable bonds is 11. The molecule has 2 N–H and O–H groups in total. The number of nitrogens with one attached hydrogen (secondary N) is 1. The first-order valence-electron chi connectivity index (χ1n) is 10.0. The molecule has 0 aliphatic rings. The van der Waals surface area contributed by atoms with Gasteiger partial charge in [0, 0.05) is 24.3 Å². The summed E-state index contributed by atoms with van der Waals surface area (Å²) in [5.74, 6) is -0.0555. The van der Waals surface area contributed by atoms with Crippen molar-refractivity contribution in [3.05, 3.63) is 53.0 Å². The van der Waals surface area contributed by atoms with Crippen LogP contribution in [0.2, 0.25) is 0 Å². The Bertz CT molecular complexity index is 897. The summed E-state index contributed by atoms with van der Waals surface area (Å²) in [7, 11) is 1.69. The number of aromatic hydroxyl groups is 1. The number of pyridine rings is 1. The average Bonchev–Trinajstić information content (AvgIpc) is 2.71. The number of unbranched alkanes of at least 4 members (excludes halogenated alkanes) is 5. The molecule has 0 bridgehead atoms. The minimum Gasteiger partial charge on any atom is -0.504 e. The number of nitrogens with zero attached hydrogens (tertiary/aromatic N) is 1. The van der Waals surface area contributed by atoms with Crippen LogP contribution in [-0.4, -0.2) is 16.3 Å². The molecule has 0 aliphatic heterocycles. The number of hydrogen-bond acceptors (Lipinski definition) is 4. The normalized spacial score (nSPS) is 11.6. The highest BCUT2D eigenvalue weighted by Crippen LogP contribution is 2.32. The number of hydrogen-bond donors (Lipinski definition) is 2.